The van der Waals surface area contributed by atoms with Gasteiger partial charge in [0.1, 0.15) is 0 Å². The van der Waals surface area contributed by atoms with Gasteiger partial charge in [-0.1, -0.05) is 12.1 Å². The molecule has 0 N–H and O–H groups in total. The van der Waals surface area contributed by atoms with E-state index >= 15 is 0 Å². The molecule has 0 aliphatic heterocycles. The Bertz CT molecular complexity index is 626. The van der Waals surface area contributed by atoms with Crippen molar-refractivity contribution in [2.45, 2.75) is 6.92 Å². The Morgan fingerprint density at radius 1 is 1.06 bits per heavy atom. The van der Waals surface area contributed by atoms with E-state index in [1.54, 1.807) is 11.3 Å². The number of rotatable bonds is 1. The van der Waals surface area contributed by atoms with Crippen molar-refractivity contribution in [3.8, 4) is 11.3 Å². The molecule has 0 saturated carbocycles. The second kappa shape index (κ2) is 3.68. The summed E-state index contributed by atoms with van der Waals surface area (Å²) in [6.45, 7) is 2.04. The van der Waals surface area contributed by atoms with Crippen LogP contribution in [0, 0.1) is 6.92 Å². The molecule has 0 saturated heterocycles. The minimum Gasteiger partial charge on any atom is -0.256 e. The van der Waals surface area contributed by atoms with Crippen molar-refractivity contribution in [3.05, 3.63) is 47.6 Å². The lowest BCUT2D eigenvalue weighted by Crippen LogP contribution is -1.83. The third kappa shape index (κ3) is 1.59. The summed E-state index contributed by atoms with van der Waals surface area (Å²) in [5.74, 6) is 0. The zero-order valence-electron chi connectivity index (χ0n) is 8.84. The van der Waals surface area contributed by atoms with Gasteiger partial charge in [-0.05, 0) is 30.7 Å². The van der Waals surface area contributed by atoms with E-state index in [-0.39, 0.29) is 0 Å². The molecule has 0 amide bonds. The number of thiazole rings is 1. The van der Waals surface area contributed by atoms with Gasteiger partial charge in [-0.15, -0.1) is 11.3 Å². The topological polar surface area (TPSA) is 25.8 Å². The summed E-state index contributed by atoms with van der Waals surface area (Å²) < 4.78 is 1.22. The van der Waals surface area contributed by atoms with Gasteiger partial charge < -0.3 is 0 Å². The maximum absolute atomic E-state index is 4.42. The predicted molar refractivity (Wildman–Crippen MR) is 67.6 cm³/mol. The first-order valence-electron chi connectivity index (χ1n) is 5.09. The highest BCUT2D eigenvalue weighted by atomic mass is 32.1. The molecule has 0 unspecified atom stereocenters. The van der Waals surface area contributed by atoms with E-state index in [9.17, 15) is 0 Å². The molecule has 3 rings (SSSR count). The fourth-order valence-electron chi connectivity index (χ4n) is 1.66. The van der Waals surface area contributed by atoms with Crippen molar-refractivity contribution in [2.75, 3.05) is 0 Å². The molecule has 0 spiro atoms. The van der Waals surface area contributed by atoms with Gasteiger partial charge >= 0.3 is 0 Å². The van der Waals surface area contributed by atoms with Gasteiger partial charge in [-0.25, -0.2) is 4.98 Å². The number of fused-ring (bicyclic) bond motifs is 1. The van der Waals surface area contributed by atoms with Crippen molar-refractivity contribution in [3.63, 3.8) is 0 Å². The molecule has 2 nitrogen and oxygen atoms in total. The molecule has 3 heteroatoms. The Kier molecular flexibility index (Phi) is 2.18. The molecule has 3 aromatic rings. The van der Waals surface area contributed by atoms with E-state index in [1.165, 1.54) is 10.3 Å². The number of benzene rings is 1. The van der Waals surface area contributed by atoms with Crippen LogP contribution in [0.25, 0.3) is 21.5 Å². The number of pyridine rings is 1. The van der Waals surface area contributed by atoms with Crippen molar-refractivity contribution in [1.29, 1.82) is 0 Å². The molecule has 16 heavy (non-hydrogen) atoms. The SMILES string of the molecule is Cc1ccc(-c2ccc3scnc3c2)nc1. The molecule has 0 bridgehead atoms. The van der Waals surface area contributed by atoms with Crippen LogP contribution in [0.15, 0.2) is 42.0 Å². The van der Waals surface area contributed by atoms with Crippen LogP contribution < -0.4 is 0 Å². The normalized spacial score (nSPS) is 10.8. The summed E-state index contributed by atoms with van der Waals surface area (Å²) in [6, 6.07) is 10.4. The summed E-state index contributed by atoms with van der Waals surface area (Å²) in [4.78, 5) is 8.73. The molecule has 0 aliphatic carbocycles. The van der Waals surface area contributed by atoms with Crippen molar-refractivity contribution in [1.82, 2.24) is 9.97 Å². The highest BCUT2D eigenvalue weighted by Gasteiger charge is 2.02. The first-order valence-corrected chi connectivity index (χ1v) is 5.97. The number of aromatic nitrogens is 2. The second-order valence-electron chi connectivity index (χ2n) is 3.76. The Morgan fingerprint density at radius 2 is 2.00 bits per heavy atom. The van der Waals surface area contributed by atoms with Crippen molar-refractivity contribution in [2.24, 2.45) is 0 Å². The summed E-state index contributed by atoms with van der Waals surface area (Å²) in [7, 11) is 0. The second-order valence-corrected chi connectivity index (χ2v) is 4.64. The van der Waals surface area contributed by atoms with Gasteiger partial charge in [0.05, 0.1) is 21.4 Å². The quantitative estimate of drug-likeness (QED) is 0.632. The molecule has 2 heterocycles. The van der Waals surface area contributed by atoms with Gasteiger partial charge in [0.2, 0.25) is 0 Å². The van der Waals surface area contributed by atoms with E-state index < -0.39 is 0 Å². The predicted octanol–water partition coefficient (Wildman–Crippen LogP) is 3.67. The monoisotopic (exact) mass is 226 g/mol. The molecular weight excluding hydrogens is 216 g/mol. The summed E-state index contributed by atoms with van der Waals surface area (Å²) in [6.07, 6.45) is 1.89. The van der Waals surface area contributed by atoms with Crippen LogP contribution in [0.5, 0.6) is 0 Å². The minimum absolute atomic E-state index is 1.00. The van der Waals surface area contributed by atoms with Crippen LogP contribution in [-0.2, 0) is 0 Å². The van der Waals surface area contributed by atoms with E-state index in [4.69, 9.17) is 0 Å². The van der Waals surface area contributed by atoms with Crippen LogP contribution in [0.2, 0.25) is 0 Å². The average molecular weight is 226 g/mol. The third-order valence-electron chi connectivity index (χ3n) is 2.54. The van der Waals surface area contributed by atoms with Crippen LogP contribution in [0.4, 0.5) is 0 Å². The van der Waals surface area contributed by atoms with E-state index in [2.05, 4.69) is 34.2 Å². The average Bonchev–Trinajstić information content (AvgIpc) is 2.77. The van der Waals surface area contributed by atoms with Crippen molar-refractivity contribution >= 4 is 21.6 Å². The number of nitrogens with zero attached hydrogens (tertiary/aromatic N) is 2. The summed E-state index contributed by atoms with van der Waals surface area (Å²) in [5.41, 5.74) is 6.22. The van der Waals surface area contributed by atoms with Crippen LogP contribution >= 0.6 is 11.3 Å². The zero-order valence-corrected chi connectivity index (χ0v) is 9.66. The summed E-state index contributed by atoms with van der Waals surface area (Å²) in [5, 5.41) is 0. The minimum atomic E-state index is 1.00. The first-order chi connectivity index (χ1) is 7.83. The Hall–Kier alpha value is -1.74. The molecule has 2 aromatic heterocycles. The molecule has 0 radical (unpaired) electrons. The van der Waals surface area contributed by atoms with Crippen molar-refractivity contribution < 1.29 is 0 Å². The molecule has 1 aromatic carbocycles. The Morgan fingerprint density at radius 3 is 2.81 bits per heavy atom. The number of hydrogen-bond acceptors (Lipinski definition) is 3. The third-order valence-corrected chi connectivity index (χ3v) is 3.35. The lowest BCUT2D eigenvalue weighted by Gasteiger charge is -2.00. The van der Waals surface area contributed by atoms with Gasteiger partial charge in [0, 0.05) is 11.8 Å². The standard InChI is InChI=1S/C13H10N2S/c1-9-2-4-11(14-7-9)10-3-5-13-12(6-10)15-8-16-13/h2-8H,1H3. The lowest BCUT2D eigenvalue weighted by atomic mass is 10.1. The Balaban J connectivity index is 2.14. The van der Waals surface area contributed by atoms with Crippen LogP contribution in [-0.4, -0.2) is 9.97 Å². The zero-order chi connectivity index (χ0) is 11.0. The van der Waals surface area contributed by atoms with E-state index in [1.807, 2.05) is 24.7 Å². The van der Waals surface area contributed by atoms with Gasteiger partial charge in [-0.3, -0.25) is 4.98 Å². The Labute approximate surface area is 97.6 Å². The smallest absolute Gasteiger partial charge is 0.0818 e. The highest BCUT2D eigenvalue weighted by molar-refractivity contribution is 7.16. The van der Waals surface area contributed by atoms with Gasteiger partial charge in [-0.2, -0.15) is 0 Å². The lowest BCUT2D eigenvalue weighted by molar-refractivity contribution is 1.27. The fourth-order valence-corrected chi connectivity index (χ4v) is 2.31. The first kappa shape index (κ1) is 9.48. The number of aryl methyl sites for hydroxylation is 1. The van der Waals surface area contributed by atoms with Crippen LogP contribution in [0.1, 0.15) is 5.56 Å². The largest absolute Gasteiger partial charge is 0.256 e. The number of hydrogen-bond donors (Lipinski definition) is 0. The molecule has 0 atom stereocenters. The van der Waals surface area contributed by atoms with E-state index in [0.29, 0.717) is 0 Å². The van der Waals surface area contributed by atoms with Gasteiger partial charge in [0.15, 0.2) is 0 Å². The molecule has 78 valence electrons. The molecule has 0 fully saturated rings. The maximum Gasteiger partial charge on any atom is 0.0818 e. The molecule has 0 aliphatic rings. The summed E-state index contributed by atoms with van der Waals surface area (Å²) >= 11 is 1.66. The highest BCUT2D eigenvalue weighted by Crippen LogP contribution is 2.24. The van der Waals surface area contributed by atoms with Crippen LogP contribution in [0.3, 0.4) is 0 Å². The maximum atomic E-state index is 4.42. The van der Waals surface area contributed by atoms with Gasteiger partial charge in [0.25, 0.3) is 0 Å². The molecular formula is C13H10N2S. The fraction of sp³-hybridized carbons (Fsp3) is 0.0769. The van der Waals surface area contributed by atoms with E-state index in [0.717, 1.165) is 16.8 Å².